The van der Waals surface area contributed by atoms with E-state index in [1.165, 1.54) is 0 Å². The maximum Gasteiger partial charge on any atom is 0.293 e. The van der Waals surface area contributed by atoms with Gasteiger partial charge in [0.05, 0.1) is 12.0 Å². The minimum absolute atomic E-state index is 0.101. The molecule has 6 heteroatoms. The summed E-state index contributed by atoms with van der Waals surface area (Å²) in [5, 5.41) is -0.172. The Morgan fingerprint density at radius 3 is 2.78 bits per heavy atom. The SMILES string of the molecule is COCC(Cl)CN(C)c1nccn(C(C)C)c1=O. The summed E-state index contributed by atoms with van der Waals surface area (Å²) in [6.07, 6.45) is 3.32. The van der Waals surface area contributed by atoms with Crippen LogP contribution in [-0.4, -0.2) is 42.2 Å². The molecule has 0 aliphatic rings. The maximum absolute atomic E-state index is 12.2. The highest BCUT2D eigenvalue weighted by atomic mass is 35.5. The lowest BCUT2D eigenvalue weighted by atomic mass is 10.3. The molecule has 0 saturated heterocycles. The van der Waals surface area contributed by atoms with Gasteiger partial charge in [0.1, 0.15) is 0 Å². The van der Waals surface area contributed by atoms with Crippen molar-refractivity contribution < 1.29 is 4.74 Å². The Balaban J connectivity index is 2.89. The zero-order valence-electron chi connectivity index (χ0n) is 11.3. The molecule has 0 amide bonds. The van der Waals surface area contributed by atoms with E-state index in [9.17, 15) is 4.79 Å². The zero-order valence-corrected chi connectivity index (χ0v) is 12.0. The first kappa shape index (κ1) is 15.0. The molecule has 0 aliphatic carbocycles. The average Bonchev–Trinajstić information content (AvgIpc) is 2.28. The van der Waals surface area contributed by atoms with Gasteiger partial charge in [-0.2, -0.15) is 0 Å². The van der Waals surface area contributed by atoms with Crippen molar-refractivity contribution in [1.29, 1.82) is 0 Å². The number of methoxy groups -OCH3 is 1. The van der Waals surface area contributed by atoms with Crippen LogP contribution in [0.2, 0.25) is 0 Å². The quantitative estimate of drug-likeness (QED) is 0.737. The lowest BCUT2D eigenvalue weighted by Gasteiger charge is -2.21. The Hall–Kier alpha value is -1.07. The molecule has 102 valence electrons. The van der Waals surface area contributed by atoms with Gasteiger partial charge in [0.2, 0.25) is 0 Å². The van der Waals surface area contributed by atoms with Gasteiger partial charge in [0, 0.05) is 39.1 Å². The van der Waals surface area contributed by atoms with Gasteiger partial charge < -0.3 is 14.2 Å². The summed E-state index contributed by atoms with van der Waals surface area (Å²) in [7, 11) is 3.40. The van der Waals surface area contributed by atoms with Crippen LogP contribution in [0.5, 0.6) is 0 Å². The lowest BCUT2D eigenvalue weighted by Crippen LogP contribution is -2.35. The van der Waals surface area contributed by atoms with Crippen molar-refractivity contribution in [2.45, 2.75) is 25.3 Å². The molecule has 1 aromatic heterocycles. The Morgan fingerprint density at radius 2 is 2.22 bits per heavy atom. The van der Waals surface area contributed by atoms with Crippen LogP contribution in [-0.2, 0) is 4.74 Å². The van der Waals surface area contributed by atoms with Crippen molar-refractivity contribution in [3.05, 3.63) is 22.7 Å². The molecule has 0 bridgehead atoms. The summed E-state index contributed by atoms with van der Waals surface area (Å²) in [6.45, 7) is 4.87. The summed E-state index contributed by atoms with van der Waals surface area (Å²) in [4.78, 5) is 18.1. The van der Waals surface area contributed by atoms with Crippen LogP contribution in [0.3, 0.4) is 0 Å². The van der Waals surface area contributed by atoms with Crippen LogP contribution in [0.15, 0.2) is 17.2 Å². The normalized spacial score (nSPS) is 12.8. The third-order valence-electron chi connectivity index (χ3n) is 2.59. The number of hydrogen-bond donors (Lipinski definition) is 0. The molecule has 1 unspecified atom stereocenters. The lowest BCUT2D eigenvalue weighted by molar-refractivity contribution is 0.199. The molecule has 0 aromatic carbocycles. The van der Waals surface area contributed by atoms with E-state index in [0.717, 1.165) is 0 Å². The van der Waals surface area contributed by atoms with E-state index in [4.69, 9.17) is 16.3 Å². The maximum atomic E-state index is 12.2. The van der Waals surface area contributed by atoms with E-state index in [2.05, 4.69) is 4.98 Å². The number of hydrogen-bond acceptors (Lipinski definition) is 4. The monoisotopic (exact) mass is 273 g/mol. The first-order valence-corrected chi connectivity index (χ1v) is 6.32. The molecular weight excluding hydrogens is 254 g/mol. The van der Waals surface area contributed by atoms with E-state index in [0.29, 0.717) is 19.0 Å². The zero-order chi connectivity index (χ0) is 13.7. The van der Waals surface area contributed by atoms with Gasteiger partial charge in [-0.05, 0) is 13.8 Å². The number of rotatable bonds is 6. The number of ether oxygens (including phenoxy) is 1. The topological polar surface area (TPSA) is 47.4 Å². The van der Waals surface area contributed by atoms with Crippen LogP contribution in [0.25, 0.3) is 0 Å². The summed E-state index contributed by atoms with van der Waals surface area (Å²) in [6, 6.07) is 0.110. The molecule has 5 nitrogen and oxygen atoms in total. The van der Waals surface area contributed by atoms with Crippen LogP contribution < -0.4 is 10.5 Å². The standard InChI is InChI=1S/C12H20ClN3O2/c1-9(2)16-6-5-14-11(12(16)17)15(3)7-10(13)8-18-4/h5-6,9-10H,7-8H2,1-4H3. The average molecular weight is 274 g/mol. The van der Waals surface area contributed by atoms with Gasteiger partial charge in [-0.25, -0.2) is 4.98 Å². The third kappa shape index (κ3) is 3.71. The minimum Gasteiger partial charge on any atom is -0.383 e. The van der Waals surface area contributed by atoms with Gasteiger partial charge in [-0.15, -0.1) is 11.6 Å². The first-order valence-electron chi connectivity index (χ1n) is 5.88. The molecule has 1 aromatic rings. The number of halogens is 1. The van der Waals surface area contributed by atoms with Crippen LogP contribution in [0, 0.1) is 0 Å². The molecule has 0 saturated carbocycles. The Kier molecular flexibility index (Phi) is 5.62. The molecule has 0 spiro atoms. The summed E-state index contributed by atoms with van der Waals surface area (Å²) in [5.74, 6) is 0.410. The van der Waals surface area contributed by atoms with Gasteiger partial charge in [0.15, 0.2) is 5.82 Å². The predicted molar refractivity (Wildman–Crippen MR) is 73.7 cm³/mol. The molecule has 0 N–H and O–H groups in total. The van der Waals surface area contributed by atoms with Crippen molar-refractivity contribution >= 4 is 17.4 Å². The molecule has 18 heavy (non-hydrogen) atoms. The Morgan fingerprint density at radius 1 is 1.56 bits per heavy atom. The molecule has 1 atom stereocenters. The van der Waals surface area contributed by atoms with Crippen molar-refractivity contribution in [2.24, 2.45) is 0 Å². The second kappa shape index (κ2) is 6.75. The van der Waals surface area contributed by atoms with Gasteiger partial charge in [-0.1, -0.05) is 0 Å². The number of aromatic nitrogens is 2. The van der Waals surface area contributed by atoms with E-state index >= 15 is 0 Å². The van der Waals surface area contributed by atoms with Crippen LogP contribution >= 0.6 is 11.6 Å². The van der Waals surface area contributed by atoms with Gasteiger partial charge in [0.25, 0.3) is 5.56 Å². The van der Waals surface area contributed by atoms with Crippen molar-refractivity contribution in [2.75, 3.05) is 32.2 Å². The molecule has 1 heterocycles. The van der Waals surface area contributed by atoms with E-state index in [-0.39, 0.29) is 17.0 Å². The number of anilines is 1. The molecular formula is C12H20ClN3O2. The second-order valence-corrected chi connectivity index (χ2v) is 5.11. The van der Waals surface area contributed by atoms with E-state index in [1.54, 1.807) is 36.0 Å². The minimum atomic E-state index is -0.172. The van der Waals surface area contributed by atoms with Gasteiger partial charge >= 0.3 is 0 Å². The third-order valence-corrected chi connectivity index (χ3v) is 2.85. The fourth-order valence-electron chi connectivity index (χ4n) is 1.70. The second-order valence-electron chi connectivity index (χ2n) is 4.49. The highest BCUT2D eigenvalue weighted by Crippen LogP contribution is 2.07. The summed E-state index contributed by atoms with van der Waals surface area (Å²) >= 11 is 6.08. The van der Waals surface area contributed by atoms with Crippen molar-refractivity contribution in [3.8, 4) is 0 Å². The smallest absolute Gasteiger partial charge is 0.293 e. The van der Waals surface area contributed by atoms with Gasteiger partial charge in [-0.3, -0.25) is 4.79 Å². The molecule has 0 radical (unpaired) electrons. The highest BCUT2D eigenvalue weighted by molar-refractivity contribution is 6.21. The summed E-state index contributed by atoms with van der Waals surface area (Å²) < 4.78 is 6.62. The number of nitrogens with zero attached hydrogens (tertiary/aromatic N) is 3. The van der Waals surface area contributed by atoms with Crippen LogP contribution in [0.1, 0.15) is 19.9 Å². The van der Waals surface area contributed by atoms with Crippen LogP contribution in [0.4, 0.5) is 5.82 Å². The Bertz CT molecular complexity index is 434. The molecule has 0 aliphatic heterocycles. The molecule has 1 rings (SSSR count). The van der Waals surface area contributed by atoms with E-state index in [1.807, 2.05) is 13.8 Å². The highest BCUT2D eigenvalue weighted by Gasteiger charge is 2.14. The first-order chi connectivity index (χ1) is 8.47. The summed E-state index contributed by atoms with van der Waals surface area (Å²) in [5.41, 5.74) is -0.101. The molecule has 0 fully saturated rings. The van der Waals surface area contributed by atoms with Crippen molar-refractivity contribution in [3.63, 3.8) is 0 Å². The fourth-order valence-corrected chi connectivity index (χ4v) is 2.03. The fraction of sp³-hybridized carbons (Fsp3) is 0.667. The van der Waals surface area contributed by atoms with E-state index < -0.39 is 0 Å². The largest absolute Gasteiger partial charge is 0.383 e. The van der Waals surface area contributed by atoms with Crippen molar-refractivity contribution in [1.82, 2.24) is 9.55 Å². The predicted octanol–water partition coefficient (Wildman–Crippen LogP) is 1.51. The number of alkyl halides is 1. The Labute approximate surface area is 112 Å².